The van der Waals surface area contributed by atoms with E-state index >= 15 is 0 Å². The van der Waals surface area contributed by atoms with Gasteiger partial charge in [0.05, 0.1) is 11.4 Å². The summed E-state index contributed by atoms with van der Waals surface area (Å²) in [6, 6.07) is 7.62. The first-order valence-corrected chi connectivity index (χ1v) is 9.29. The van der Waals surface area contributed by atoms with Gasteiger partial charge in [-0.2, -0.15) is 9.78 Å². The van der Waals surface area contributed by atoms with E-state index in [0.717, 1.165) is 41.3 Å². The summed E-state index contributed by atoms with van der Waals surface area (Å²) in [7, 11) is 0. The Labute approximate surface area is 153 Å². The Hall–Kier alpha value is -2.87. The molecule has 3 aromatic rings. The molecule has 0 unspecified atom stereocenters. The van der Waals surface area contributed by atoms with Crippen LogP contribution in [0.2, 0.25) is 0 Å². The number of hydrogen-bond donors (Lipinski definition) is 1. The van der Waals surface area contributed by atoms with Crippen LogP contribution in [0.25, 0.3) is 16.4 Å². The highest BCUT2D eigenvalue weighted by molar-refractivity contribution is 7.12. The van der Waals surface area contributed by atoms with E-state index < -0.39 is 0 Å². The molecule has 3 heterocycles. The Kier molecular flexibility index (Phi) is 3.46. The number of rotatable bonds is 4. The molecule has 2 aliphatic rings. The fourth-order valence-electron chi connectivity index (χ4n) is 2.86. The van der Waals surface area contributed by atoms with Gasteiger partial charge < -0.3 is 14.8 Å². The van der Waals surface area contributed by atoms with E-state index in [1.807, 2.05) is 36.6 Å². The van der Waals surface area contributed by atoms with Gasteiger partial charge in [-0.25, -0.2) is 4.98 Å². The maximum absolute atomic E-state index is 12.1. The van der Waals surface area contributed by atoms with E-state index in [1.165, 1.54) is 11.3 Å². The van der Waals surface area contributed by atoms with Crippen molar-refractivity contribution in [1.82, 2.24) is 14.8 Å². The lowest BCUT2D eigenvalue weighted by Crippen LogP contribution is -2.16. The van der Waals surface area contributed by atoms with E-state index in [-0.39, 0.29) is 18.6 Å². The average Bonchev–Trinajstić information content (AvgIpc) is 3.04. The second-order valence-electron chi connectivity index (χ2n) is 6.43. The lowest BCUT2D eigenvalue weighted by Gasteiger charge is -2.05. The van der Waals surface area contributed by atoms with Crippen molar-refractivity contribution < 1.29 is 14.3 Å². The van der Waals surface area contributed by atoms with Crippen LogP contribution in [0.4, 0.5) is 5.82 Å². The second kappa shape index (κ2) is 5.84. The molecule has 1 aliphatic heterocycles. The largest absolute Gasteiger partial charge is 0.454 e. The quantitative estimate of drug-likeness (QED) is 0.764. The lowest BCUT2D eigenvalue weighted by atomic mass is 10.1. The van der Waals surface area contributed by atoms with Crippen LogP contribution in [-0.4, -0.2) is 27.5 Å². The molecular weight excluding hydrogens is 352 g/mol. The van der Waals surface area contributed by atoms with Crippen molar-refractivity contribution >= 4 is 23.1 Å². The highest BCUT2D eigenvalue weighted by Crippen LogP contribution is 2.37. The van der Waals surface area contributed by atoms with E-state index in [1.54, 1.807) is 4.68 Å². The molecule has 0 bridgehead atoms. The normalized spacial score (nSPS) is 15.3. The van der Waals surface area contributed by atoms with Gasteiger partial charge >= 0.3 is 0 Å². The molecule has 1 aromatic carbocycles. The van der Waals surface area contributed by atoms with Crippen LogP contribution in [0, 0.1) is 12.8 Å². The standard InChI is InChI=1S/C18H16N4O3S/c1-10-6-16(20-17(23)11-2-3-11)22(21-10)18-19-13(8-26-18)12-4-5-14-15(7-12)25-9-24-14/h4-8,11H,2-3,9H2,1H3,(H,20,23). The number of hydrogen-bond acceptors (Lipinski definition) is 6. The van der Waals surface area contributed by atoms with Gasteiger partial charge in [-0.1, -0.05) is 0 Å². The average molecular weight is 368 g/mol. The zero-order valence-corrected chi connectivity index (χ0v) is 14.9. The van der Waals surface area contributed by atoms with Gasteiger partial charge in [-0.05, 0) is 38.0 Å². The summed E-state index contributed by atoms with van der Waals surface area (Å²) in [6.45, 7) is 2.15. The van der Waals surface area contributed by atoms with Gasteiger partial charge in [0.2, 0.25) is 17.8 Å². The van der Waals surface area contributed by atoms with Crippen LogP contribution >= 0.6 is 11.3 Å². The van der Waals surface area contributed by atoms with Gasteiger partial charge in [0.1, 0.15) is 5.82 Å². The summed E-state index contributed by atoms with van der Waals surface area (Å²) in [5, 5.41) is 10.1. The number of anilines is 1. The van der Waals surface area contributed by atoms with Crippen LogP contribution in [-0.2, 0) is 4.79 Å². The van der Waals surface area contributed by atoms with Gasteiger partial charge in [0.25, 0.3) is 0 Å². The van der Waals surface area contributed by atoms with Crippen molar-refractivity contribution in [3.05, 3.63) is 35.3 Å². The third kappa shape index (κ3) is 2.72. The first-order chi connectivity index (χ1) is 12.7. The Balaban J connectivity index is 1.46. The Morgan fingerprint density at radius 1 is 1.27 bits per heavy atom. The minimum absolute atomic E-state index is 0.0544. The van der Waals surface area contributed by atoms with E-state index in [0.29, 0.717) is 10.9 Å². The number of carbonyl (C=O) groups excluding carboxylic acids is 1. The second-order valence-corrected chi connectivity index (χ2v) is 7.27. The maximum atomic E-state index is 12.1. The SMILES string of the molecule is Cc1cc(NC(=O)C2CC2)n(-c2nc(-c3ccc4c(c3)OCO4)cs2)n1. The predicted octanol–water partition coefficient (Wildman–Crippen LogP) is 3.38. The van der Waals surface area contributed by atoms with Crippen molar-refractivity contribution in [3.63, 3.8) is 0 Å². The molecule has 132 valence electrons. The number of aryl methyl sites for hydroxylation is 1. The monoisotopic (exact) mass is 368 g/mol. The minimum atomic E-state index is 0.0544. The molecular formula is C18H16N4O3S. The molecule has 1 aliphatic carbocycles. The maximum Gasteiger partial charge on any atom is 0.231 e. The summed E-state index contributed by atoms with van der Waals surface area (Å²) in [4.78, 5) is 16.8. The summed E-state index contributed by atoms with van der Waals surface area (Å²) < 4.78 is 12.5. The van der Waals surface area contributed by atoms with Gasteiger partial charge in [0.15, 0.2) is 11.5 Å². The number of carbonyl (C=O) groups is 1. The zero-order valence-electron chi connectivity index (χ0n) is 14.1. The zero-order chi connectivity index (χ0) is 17.7. The smallest absolute Gasteiger partial charge is 0.231 e. The summed E-state index contributed by atoms with van der Waals surface area (Å²) in [5.74, 6) is 2.32. The van der Waals surface area contributed by atoms with Gasteiger partial charge in [0, 0.05) is 22.9 Å². The lowest BCUT2D eigenvalue weighted by molar-refractivity contribution is -0.117. The Bertz CT molecular complexity index is 1010. The molecule has 1 N–H and O–H groups in total. The molecule has 0 radical (unpaired) electrons. The topological polar surface area (TPSA) is 78.3 Å². The van der Waals surface area contributed by atoms with Crippen LogP contribution in [0.15, 0.2) is 29.6 Å². The van der Waals surface area contributed by atoms with Crippen molar-refractivity contribution in [2.24, 2.45) is 5.92 Å². The molecule has 1 fully saturated rings. The molecule has 0 atom stereocenters. The molecule has 26 heavy (non-hydrogen) atoms. The fourth-order valence-corrected chi connectivity index (χ4v) is 3.65. The van der Waals surface area contributed by atoms with Crippen LogP contribution in [0.1, 0.15) is 18.5 Å². The molecule has 2 aromatic heterocycles. The van der Waals surface area contributed by atoms with Gasteiger partial charge in [-0.3, -0.25) is 4.79 Å². The molecule has 0 spiro atoms. The highest BCUT2D eigenvalue weighted by atomic mass is 32.1. The Morgan fingerprint density at radius 3 is 2.96 bits per heavy atom. The van der Waals surface area contributed by atoms with Crippen molar-refractivity contribution in [2.75, 3.05) is 12.1 Å². The van der Waals surface area contributed by atoms with Crippen LogP contribution in [0.5, 0.6) is 11.5 Å². The number of fused-ring (bicyclic) bond motifs is 1. The number of thiazole rings is 1. The number of aromatic nitrogens is 3. The first-order valence-electron chi connectivity index (χ1n) is 8.41. The number of ether oxygens (including phenoxy) is 2. The summed E-state index contributed by atoms with van der Waals surface area (Å²) >= 11 is 1.48. The third-order valence-corrected chi connectivity index (χ3v) is 5.19. The molecule has 8 heteroatoms. The number of benzene rings is 1. The van der Waals surface area contributed by atoms with E-state index in [9.17, 15) is 4.79 Å². The minimum Gasteiger partial charge on any atom is -0.454 e. The number of nitrogens with zero attached hydrogens (tertiary/aromatic N) is 3. The van der Waals surface area contributed by atoms with E-state index in [2.05, 4.69) is 15.4 Å². The molecule has 7 nitrogen and oxygen atoms in total. The molecule has 1 saturated carbocycles. The van der Waals surface area contributed by atoms with E-state index in [4.69, 9.17) is 9.47 Å². The third-order valence-electron chi connectivity index (χ3n) is 4.37. The molecule has 5 rings (SSSR count). The van der Waals surface area contributed by atoms with Gasteiger partial charge in [-0.15, -0.1) is 11.3 Å². The summed E-state index contributed by atoms with van der Waals surface area (Å²) in [5.41, 5.74) is 2.61. The summed E-state index contributed by atoms with van der Waals surface area (Å²) in [6.07, 6.45) is 1.93. The van der Waals surface area contributed by atoms with Crippen molar-refractivity contribution in [3.8, 4) is 27.9 Å². The predicted molar refractivity (Wildman–Crippen MR) is 96.9 cm³/mol. The Morgan fingerprint density at radius 2 is 2.12 bits per heavy atom. The molecule has 1 amide bonds. The number of amides is 1. The van der Waals surface area contributed by atoms with Crippen LogP contribution in [0.3, 0.4) is 0 Å². The fraction of sp³-hybridized carbons (Fsp3) is 0.278. The van der Waals surface area contributed by atoms with Crippen LogP contribution < -0.4 is 14.8 Å². The van der Waals surface area contributed by atoms with Crippen molar-refractivity contribution in [1.29, 1.82) is 0 Å². The highest BCUT2D eigenvalue weighted by Gasteiger charge is 2.30. The molecule has 0 saturated heterocycles. The number of nitrogens with one attached hydrogen (secondary N) is 1. The van der Waals surface area contributed by atoms with Crippen molar-refractivity contribution in [2.45, 2.75) is 19.8 Å². The first kappa shape index (κ1) is 15.4.